The van der Waals surface area contributed by atoms with Gasteiger partial charge in [0, 0.05) is 35.3 Å². The van der Waals surface area contributed by atoms with Crippen molar-refractivity contribution in [1.29, 1.82) is 0 Å². The number of aromatic nitrogens is 3. The second kappa shape index (κ2) is 23.2. The van der Waals surface area contributed by atoms with Crippen molar-refractivity contribution < 1.29 is 61.5 Å². The zero-order valence-electron chi connectivity index (χ0n) is 36.2. The molecule has 0 spiro atoms. The maximum absolute atomic E-state index is 13.1. The number of rotatable bonds is 14. The molecule has 2 atom stereocenters. The predicted octanol–water partition coefficient (Wildman–Crippen LogP) is 8.49. The lowest BCUT2D eigenvalue weighted by Crippen LogP contribution is -2.40. The van der Waals surface area contributed by atoms with Gasteiger partial charge >= 0.3 is 29.8 Å². The number of halogens is 5. The Morgan fingerprint density at radius 1 is 0.833 bits per heavy atom. The summed E-state index contributed by atoms with van der Waals surface area (Å²) in [5.41, 5.74) is -0.412. The van der Waals surface area contributed by atoms with Crippen LogP contribution in [0.15, 0.2) is 107 Å². The number of hydrogen-bond acceptors (Lipinski definition) is 11. The maximum atomic E-state index is 13.1. The van der Waals surface area contributed by atoms with Crippen LogP contribution in [0.4, 0.5) is 13.2 Å². The molecule has 0 amide bonds. The fraction of sp³-hybridized carbons (Fsp3) is 0.261. The molecule has 6 rings (SSSR count). The van der Waals surface area contributed by atoms with E-state index in [1.165, 1.54) is 38.3 Å². The number of nitrogens with zero attached hydrogens (tertiary/aromatic N) is 3. The average molecular weight is 959 g/mol. The van der Waals surface area contributed by atoms with E-state index in [-0.39, 0.29) is 12.3 Å². The van der Waals surface area contributed by atoms with Gasteiger partial charge in [0.15, 0.2) is 18.8 Å². The summed E-state index contributed by atoms with van der Waals surface area (Å²) in [6, 6.07) is 23.6. The molecule has 0 aliphatic rings. The number of methoxy groups -OCH3 is 1. The number of carbonyl (C=O) groups excluding carboxylic acids is 1. The number of aliphatic carboxylic acids is 2. The van der Waals surface area contributed by atoms with Gasteiger partial charge in [0.25, 0.3) is 5.56 Å². The normalized spacial score (nSPS) is 11.7. The first-order valence-electron chi connectivity index (χ1n) is 19.7. The van der Waals surface area contributed by atoms with Crippen molar-refractivity contribution in [2.75, 3.05) is 13.7 Å². The molecular weight excluding hydrogens is 914 g/mol. The van der Waals surface area contributed by atoms with Gasteiger partial charge in [0.05, 0.1) is 17.8 Å². The lowest BCUT2D eigenvalue weighted by atomic mass is 10.1. The Kier molecular flexibility index (Phi) is 18.2. The molecule has 0 aliphatic carbocycles. The van der Waals surface area contributed by atoms with Crippen LogP contribution >= 0.6 is 23.2 Å². The third-order valence-corrected chi connectivity index (χ3v) is 9.86. The van der Waals surface area contributed by atoms with E-state index < -0.39 is 59.8 Å². The van der Waals surface area contributed by atoms with Crippen molar-refractivity contribution >= 4 is 52.0 Å². The van der Waals surface area contributed by atoms with Crippen LogP contribution in [-0.2, 0) is 45.4 Å². The molecule has 2 N–H and O–H groups in total. The number of carboxylic acids is 2. The van der Waals surface area contributed by atoms with Gasteiger partial charge in [0.1, 0.15) is 40.8 Å². The van der Waals surface area contributed by atoms with Crippen molar-refractivity contribution in [3.05, 3.63) is 150 Å². The highest BCUT2D eigenvalue weighted by Gasteiger charge is 2.35. The number of carboxylic acid groups (broad SMARTS) is 2. The Morgan fingerprint density at radius 2 is 1.50 bits per heavy atom. The van der Waals surface area contributed by atoms with Crippen molar-refractivity contribution in [3.8, 4) is 28.7 Å². The highest BCUT2D eigenvalue weighted by atomic mass is 35.5. The summed E-state index contributed by atoms with van der Waals surface area (Å²) in [6.45, 7) is 6.53. The fourth-order valence-electron chi connectivity index (χ4n) is 5.79. The minimum absolute atomic E-state index is 0.0779. The van der Waals surface area contributed by atoms with Crippen LogP contribution in [-0.4, -0.2) is 68.2 Å². The van der Waals surface area contributed by atoms with Crippen molar-refractivity contribution in [3.63, 3.8) is 0 Å². The SMILES string of the molecule is CCc1ccc(COc2ccc(-n3c(=O)cc(C(F)(F)F)n(C)c3=O)cc2)c(OC(C)C(=O)OC)c1.Cc1cc(Cl)ccc1OC(C)C(=O)O.O=C(O)COc1ccc(Cl)c2cccnc12. The quantitative estimate of drug-likeness (QED) is 0.0988. The molecule has 0 fully saturated rings. The van der Waals surface area contributed by atoms with Gasteiger partial charge in [0.2, 0.25) is 0 Å². The van der Waals surface area contributed by atoms with Gasteiger partial charge in [-0.15, -0.1) is 0 Å². The van der Waals surface area contributed by atoms with Crippen LogP contribution in [0.1, 0.15) is 43.2 Å². The number of hydrogen-bond donors (Lipinski definition) is 2. The van der Waals surface area contributed by atoms with E-state index in [4.69, 9.17) is 57.1 Å². The minimum Gasteiger partial charge on any atom is -0.489 e. The first-order chi connectivity index (χ1) is 31.1. The molecule has 15 nitrogen and oxygen atoms in total. The van der Waals surface area contributed by atoms with E-state index in [0.29, 0.717) is 59.3 Å². The van der Waals surface area contributed by atoms with Crippen molar-refractivity contribution in [1.82, 2.24) is 14.1 Å². The highest BCUT2D eigenvalue weighted by Crippen LogP contribution is 2.30. The van der Waals surface area contributed by atoms with E-state index in [1.807, 2.05) is 32.0 Å². The summed E-state index contributed by atoms with van der Waals surface area (Å²) in [6.07, 6.45) is -4.16. The van der Waals surface area contributed by atoms with E-state index in [0.717, 1.165) is 30.0 Å². The van der Waals surface area contributed by atoms with E-state index in [9.17, 15) is 37.1 Å². The molecule has 2 aromatic heterocycles. The number of alkyl halides is 3. The summed E-state index contributed by atoms with van der Waals surface area (Å²) >= 11 is 11.7. The first-order valence-corrected chi connectivity index (χ1v) is 20.4. The minimum atomic E-state index is -4.84. The first kappa shape index (κ1) is 51.6. The molecule has 2 unspecified atom stereocenters. The van der Waals surface area contributed by atoms with Gasteiger partial charge < -0.3 is 33.9 Å². The Hall–Kier alpha value is -7.05. The smallest absolute Gasteiger partial charge is 0.431 e. The van der Waals surface area contributed by atoms with Gasteiger partial charge in [-0.25, -0.2) is 23.7 Å². The van der Waals surface area contributed by atoms with Gasteiger partial charge in [-0.05, 0) is 111 Å². The topological polar surface area (TPSA) is 195 Å². The summed E-state index contributed by atoms with van der Waals surface area (Å²) < 4.78 is 66.8. The van der Waals surface area contributed by atoms with Crippen LogP contribution in [0.3, 0.4) is 0 Å². The zero-order chi connectivity index (χ0) is 48.9. The number of carbonyl (C=O) groups is 3. The average Bonchev–Trinajstić information content (AvgIpc) is 3.28. The summed E-state index contributed by atoms with van der Waals surface area (Å²) in [5, 5.41) is 19.1. The molecule has 4 aromatic carbocycles. The number of benzene rings is 4. The molecule has 0 radical (unpaired) electrons. The van der Waals surface area contributed by atoms with E-state index in [2.05, 4.69) is 4.98 Å². The summed E-state index contributed by atoms with van der Waals surface area (Å²) in [4.78, 5) is 61.5. The number of ether oxygens (including phenoxy) is 5. The fourth-order valence-corrected chi connectivity index (χ4v) is 6.24. The third-order valence-electron chi connectivity index (χ3n) is 9.30. The highest BCUT2D eigenvalue weighted by molar-refractivity contribution is 6.35. The lowest BCUT2D eigenvalue weighted by molar-refractivity contribution is -0.148. The molecule has 20 heteroatoms. The van der Waals surface area contributed by atoms with Crippen molar-refractivity contribution in [2.24, 2.45) is 7.05 Å². The van der Waals surface area contributed by atoms with Gasteiger partial charge in [-0.2, -0.15) is 13.2 Å². The van der Waals surface area contributed by atoms with Crippen LogP contribution < -0.4 is 30.2 Å². The Morgan fingerprint density at radius 3 is 2.11 bits per heavy atom. The Labute approximate surface area is 385 Å². The number of esters is 1. The Bertz CT molecular complexity index is 2800. The van der Waals surface area contributed by atoms with Crippen LogP contribution in [0.2, 0.25) is 10.0 Å². The maximum Gasteiger partial charge on any atom is 0.431 e. The Balaban J connectivity index is 0.000000259. The second-order valence-electron chi connectivity index (χ2n) is 14.0. The van der Waals surface area contributed by atoms with Crippen LogP contribution in [0.25, 0.3) is 16.6 Å². The zero-order valence-corrected chi connectivity index (χ0v) is 37.7. The van der Waals surface area contributed by atoms with Gasteiger partial charge in [-0.1, -0.05) is 42.3 Å². The molecule has 0 aliphatic heterocycles. The van der Waals surface area contributed by atoms with Crippen LogP contribution in [0, 0.1) is 6.92 Å². The lowest BCUT2D eigenvalue weighted by Gasteiger charge is -2.17. The van der Waals surface area contributed by atoms with E-state index in [1.54, 1.807) is 55.6 Å². The monoisotopic (exact) mass is 957 g/mol. The molecule has 350 valence electrons. The standard InChI is InChI=1S/C25H25F3N2O6.C11H8ClNO3.C10H11ClO3/c1-5-16-6-7-17(20(12-16)36-15(2)23(32)34-4)14-35-19-10-8-18(9-11-19)30-22(31)13-21(25(26,27)28)29(3)24(30)33;12-8-3-4-9(16-6-10(14)15)11-7(8)2-1-5-13-11;1-6-5-8(11)3-4-9(6)14-7(2)10(12)13/h6-13,15H,5,14H2,1-4H3;1-5H,6H2,(H,14,15);3-5,7H,1-2H3,(H,12,13). The molecule has 2 heterocycles. The number of pyridine rings is 1. The number of fused-ring (bicyclic) bond motifs is 1. The third kappa shape index (κ3) is 14.0. The largest absolute Gasteiger partial charge is 0.489 e. The van der Waals surface area contributed by atoms with Gasteiger partial charge in [-0.3, -0.25) is 14.3 Å². The molecule has 0 bridgehead atoms. The second-order valence-corrected chi connectivity index (χ2v) is 14.9. The van der Waals surface area contributed by atoms with Crippen molar-refractivity contribution in [2.45, 2.75) is 59.1 Å². The molecule has 0 saturated carbocycles. The summed E-state index contributed by atoms with van der Waals surface area (Å²) in [5.74, 6) is -0.736. The molecular formula is C46H44Cl2F3N3O12. The summed E-state index contributed by atoms with van der Waals surface area (Å²) in [7, 11) is 2.22. The van der Waals surface area contributed by atoms with Crippen LogP contribution in [0.5, 0.6) is 23.0 Å². The molecule has 0 saturated heterocycles. The predicted molar refractivity (Wildman–Crippen MR) is 238 cm³/mol. The van der Waals surface area contributed by atoms with E-state index >= 15 is 0 Å². The number of aryl methyl sites for hydroxylation is 2. The molecule has 66 heavy (non-hydrogen) atoms. The molecule has 6 aromatic rings.